The molecule has 0 radical (unpaired) electrons. The average Bonchev–Trinajstić information content (AvgIpc) is 3.26. The molecule has 2 aliphatic heterocycles. The van der Waals surface area contributed by atoms with E-state index in [0.717, 1.165) is 23.2 Å². The van der Waals surface area contributed by atoms with Gasteiger partial charge in [-0.15, -0.1) is 0 Å². The maximum absolute atomic E-state index is 12.4. The van der Waals surface area contributed by atoms with Gasteiger partial charge in [-0.3, -0.25) is 9.59 Å². The molecule has 0 atom stereocenters. The van der Waals surface area contributed by atoms with E-state index in [0.29, 0.717) is 24.6 Å². The number of ether oxygens (including phenoxy) is 2. The number of hydrogen-bond acceptors (Lipinski definition) is 4. The Labute approximate surface area is 145 Å². The summed E-state index contributed by atoms with van der Waals surface area (Å²) < 4.78 is 10.6. The Kier molecular flexibility index (Phi) is 4.01. The molecule has 25 heavy (non-hydrogen) atoms. The second-order valence-corrected chi connectivity index (χ2v) is 6.07. The van der Waals surface area contributed by atoms with Gasteiger partial charge >= 0.3 is 0 Å². The fourth-order valence-electron chi connectivity index (χ4n) is 3.14. The molecule has 2 amide bonds. The van der Waals surface area contributed by atoms with Crippen molar-refractivity contribution in [1.29, 1.82) is 0 Å². The average molecular weight is 338 g/mol. The Morgan fingerprint density at radius 1 is 1.08 bits per heavy atom. The highest BCUT2D eigenvalue weighted by Gasteiger charge is 2.25. The van der Waals surface area contributed by atoms with Crippen molar-refractivity contribution in [3.05, 3.63) is 53.6 Å². The molecule has 128 valence electrons. The molecule has 2 aliphatic rings. The molecule has 0 unspecified atom stereocenters. The van der Waals surface area contributed by atoms with Crippen LogP contribution in [0.1, 0.15) is 17.5 Å². The summed E-state index contributed by atoms with van der Waals surface area (Å²) in [4.78, 5) is 26.2. The minimum absolute atomic E-state index is 0.154. The fourth-order valence-corrected chi connectivity index (χ4v) is 3.14. The van der Waals surface area contributed by atoms with Crippen molar-refractivity contribution in [2.45, 2.75) is 19.4 Å². The third-order valence-corrected chi connectivity index (χ3v) is 4.43. The molecular weight excluding hydrogens is 320 g/mol. The SMILES string of the molecule is O=C(CC(=O)N1CCc2ccccc21)NCc1ccc2c(c1)OCO2. The van der Waals surface area contributed by atoms with E-state index in [1.807, 2.05) is 42.5 Å². The molecule has 2 aromatic carbocycles. The molecule has 2 heterocycles. The van der Waals surface area contributed by atoms with Gasteiger partial charge < -0.3 is 19.7 Å². The molecule has 2 aromatic rings. The molecular formula is C19H18N2O4. The lowest BCUT2D eigenvalue weighted by Crippen LogP contribution is -2.34. The topological polar surface area (TPSA) is 67.9 Å². The van der Waals surface area contributed by atoms with E-state index in [2.05, 4.69) is 5.32 Å². The van der Waals surface area contributed by atoms with E-state index in [9.17, 15) is 9.59 Å². The first-order chi connectivity index (χ1) is 12.2. The van der Waals surface area contributed by atoms with Crippen LogP contribution in [0.2, 0.25) is 0 Å². The summed E-state index contributed by atoms with van der Waals surface area (Å²) >= 11 is 0. The normalized spacial score (nSPS) is 14.3. The number of para-hydroxylation sites is 1. The minimum Gasteiger partial charge on any atom is -0.454 e. The van der Waals surface area contributed by atoms with Crippen molar-refractivity contribution in [1.82, 2.24) is 5.32 Å². The Morgan fingerprint density at radius 3 is 2.84 bits per heavy atom. The predicted molar refractivity (Wildman–Crippen MR) is 91.5 cm³/mol. The number of anilines is 1. The third kappa shape index (κ3) is 3.15. The van der Waals surface area contributed by atoms with Crippen molar-refractivity contribution < 1.29 is 19.1 Å². The van der Waals surface area contributed by atoms with Crippen LogP contribution in [0.15, 0.2) is 42.5 Å². The molecule has 0 aromatic heterocycles. The monoisotopic (exact) mass is 338 g/mol. The van der Waals surface area contributed by atoms with Crippen LogP contribution in [0.5, 0.6) is 11.5 Å². The van der Waals surface area contributed by atoms with Gasteiger partial charge in [0.2, 0.25) is 18.6 Å². The number of hydrogen-bond donors (Lipinski definition) is 1. The highest BCUT2D eigenvalue weighted by molar-refractivity contribution is 6.05. The zero-order valence-corrected chi connectivity index (χ0v) is 13.7. The summed E-state index contributed by atoms with van der Waals surface area (Å²) in [6, 6.07) is 13.3. The van der Waals surface area contributed by atoms with E-state index in [1.54, 1.807) is 4.90 Å². The summed E-state index contributed by atoms with van der Waals surface area (Å²) in [5.74, 6) is 0.926. The van der Waals surface area contributed by atoms with Gasteiger partial charge in [0.05, 0.1) is 0 Å². The molecule has 6 nitrogen and oxygen atoms in total. The summed E-state index contributed by atoms with van der Waals surface area (Å²) in [5.41, 5.74) is 2.96. The second-order valence-electron chi connectivity index (χ2n) is 6.07. The molecule has 0 aliphatic carbocycles. The Hall–Kier alpha value is -3.02. The van der Waals surface area contributed by atoms with Crippen LogP contribution in [-0.2, 0) is 22.6 Å². The van der Waals surface area contributed by atoms with Crippen LogP contribution in [-0.4, -0.2) is 25.2 Å². The zero-order valence-electron chi connectivity index (χ0n) is 13.7. The number of rotatable bonds is 4. The third-order valence-electron chi connectivity index (χ3n) is 4.43. The minimum atomic E-state index is -0.285. The molecule has 4 rings (SSSR count). The molecule has 0 saturated heterocycles. The van der Waals surface area contributed by atoms with Crippen molar-refractivity contribution in [3.8, 4) is 11.5 Å². The molecule has 6 heteroatoms. The van der Waals surface area contributed by atoms with Gasteiger partial charge in [0.15, 0.2) is 11.5 Å². The highest BCUT2D eigenvalue weighted by atomic mass is 16.7. The molecule has 0 saturated carbocycles. The molecule has 0 spiro atoms. The first kappa shape index (κ1) is 15.5. The van der Waals surface area contributed by atoms with E-state index >= 15 is 0 Å². The number of fused-ring (bicyclic) bond motifs is 2. The number of carbonyl (C=O) groups is 2. The van der Waals surface area contributed by atoms with E-state index in [1.165, 1.54) is 0 Å². The van der Waals surface area contributed by atoms with Crippen LogP contribution in [0.25, 0.3) is 0 Å². The van der Waals surface area contributed by atoms with E-state index in [4.69, 9.17) is 9.47 Å². The summed E-state index contributed by atoms with van der Waals surface area (Å²) in [7, 11) is 0. The standard InChI is InChI=1S/C19H18N2O4/c22-18(20-11-13-5-6-16-17(9-13)25-12-24-16)10-19(23)21-8-7-14-3-1-2-4-15(14)21/h1-6,9H,7-8,10-12H2,(H,20,22). The van der Waals surface area contributed by atoms with Crippen LogP contribution in [0.3, 0.4) is 0 Å². The Morgan fingerprint density at radius 2 is 1.92 bits per heavy atom. The van der Waals surface area contributed by atoms with Crippen LogP contribution in [0, 0.1) is 0 Å². The number of amides is 2. The maximum atomic E-state index is 12.4. The summed E-state index contributed by atoms with van der Waals surface area (Å²) in [5, 5.41) is 2.79. The fraction of sp³-hybridized carbons (Fsp3) is 0.263. The van der Waals surface area contributed by atoms with E-state index in [-0.39, 0.29) is 25.0 Å². The molecule has 0 bridgehead atoms. The number of nitrogens with one attached hydrogen (secondary N) is 1. The molecule has 1 N–H and O–H groups in total. The van der Waals surface area contributed by atoms with Gasteiger partial charge in [-0.1, -0.05) is 24.3 Å². The largest absolute Gasteiger partial charge is 0.454 e. The van der Waals surface area contributed by atoms with Gasteiger partial charge in [0, 0.05) is 18.8 Å². The smallest absolute Gasteiger partial charge is 0.236 e. The van der Waals surface area contributed by atoms with Crippen molar-refractivity contribution >= 4 is 17.5 Å². The van der Waals surface area contributed by atoms with Crippen molar-refractivity contribution in [2.24, 2.45) is 0 Å². The number of nitrogens with zero attached hydrogens (tertiary/aromatic N) is 1. The lowest BCUT2D eigenvalue weighted by atomic mass is 10.2. The zero-order chi connectivity index (χ0) is 17.2. The predicted octanol–water partition coefficient (Wildman–Crippen LogP) is 2.01. The van der Waals surface area contributed by atoms with Gasteiger partial charge in [0.25, 0.3) is 0 Å². The van der Waals surface area contributed by atoms with Crippen LogP contribution in [0.4, 0.5) is 5.69 Å². The number of benzene rings is 2. The maximum Gasteiger partial charge on any atom is 0.236 e. The highest BCUT2D eigenvalue weighted by Crippen LogP contribution is 2.32. The second kappa shape index (κ2) is 6.47. The van der Waals surface area contributed by atoms with Gasteiger partial charge in [-0.2, -0.15) is 0 Å². The Balaban J connectivity index is 1.33. The Bertz CT molecular complexity index is 834. The first-order valence-electron chi connectivity index (χ1n) is 8.24. The van der Waals surface area contributed by atoms with Gasteiger partial charge in [-0.25, -0.2) is 0 Å². The van der Waals surface area contributed by atoms with Crippen LogP contribution >= 0.6 is 0 Å². The summed E-state index contributed by atoms with van der Waals surface area (Å²) in [6.45, 7) is 1.20. The quantitative estimate of drug-likeness (QED) is 0.866. The van der Waals surface area contributed by atoms with Crippen molar-refractivity contribution in [3.63, 3.8) is 0 Å². The van der Waals surface area contributed by atoms with E-state index < -0.39 is 0 Å². The number of carbonyl (C=O) groups excluding carboxylic acids is 2. The summed E-state index contributed by atoms with van der Waals surface area (Å²) in [6.07, 6.45) is 0.680. The first-order valence-corrected chi connectivity index (χ1v) is 8.24. The lowest BCUT2D eigenvalue weighted by Gasteiger charge is -2.17. The van der Waals surface area contributed by atoms with Gasteiger partial charge in [-0.05, 0) is 35.7 Å². The lowest BCUT2D eigenvalue weighted by molar-refractivity contribution is -0.128. The molecule has 0 fully saturated rings. The van der Waals surface area contributed by atoms with Gasteiger partial charge in [0.1, 0.15) is 6.42 Å². The van der Waals surface area contributed by atoms with Crippen molar-refractivity contribution in [2.75, 3.05) is 18.2 Å². The van der Waals surface area contributed by atoms with Crippen LogP contribution < -0.4 is 19.7 Å².